The molecule has 146 valence electrons. The van der Waals surface area contributed by atoms with Crippen LogP contribution in [0, 0.1) is 6.92 Å². The summed E-state index contributed by atoms with van der Waals surface area (Å²) in [6, 6.07) is 9.96. The number of β-amino-alcohol motifs (C(OH)–C–C–N with tert-alkyl or cyclic N) is 1. The highest BCUT2D eigenvalue weighted by Gasteiger charge is 2.23. The Kier molecular flexibility index (Phi) is 3.99. The minimum absolute atomic E-state index is 0.120. The second-order valence-electron chi connectivity index (χ2n) is 7.85. The van der Waals surface area contributed by atoms with Gasteiger partial charge in [-0.05, 0) is 31.5 Å². The molecule has 7 nitrogen and oxygen atoms in total. The Morgan fingerprint density at radius 2 is 2.07 bits per heavy atom. The zero-order chi connectivity index (χ0) is 20.3. The summed E-state index contributed by atoms with van der Waals surface area (Å²) in [6.45, 7) is 3.30. The van der Waals surface area contributed by atoms with Crippen LogP contribution in [0.5, 0.6) is 0 Å². The molecule has 1 aromatic carbocycles. The van der Waals surface area contributed by atoms with Gasteiger partial charge in [-0.1, -0.05) is 17.6 Å². The fourth-order valence-corrected chi connectivity index (χ4v) is 4.24. The third-order valence-corrected chi connectivity index (χ3v) is 5.81. The van der Waals surface area contributed by atoms with Crippen LogP contribution in [0.1, 0.15) is 12.1 Å². The van der Waals surface area contributed by atoms with Gasteiger partial charge in [-0.3, -0.25) is 14.1 Å². The number of rotatable bonds is 2. The van der Waals surface area contributed by atoms with Crippen LogP contribution in [-0.4, -0.2) is 51.2 Å². The summed E-state index contributed by atoms with van der Waals surface area (Å²) in [5.41, 5.74) is 5.03. The molecule has 3 aromatic heterocycles. The SMILES string of the molecule is Bc1ccc2ncc3c(c2c1)n(-c1ccc(N2CC[C@@H](O)C2)nc1C)c(=O)n3C. The Hall–Kier alpha value is -3.13. The zero-order valence-electron chi connectivity index (χ0n) is 16.8. The van der Waals surface area contributed by atoms with Crippen LogP contribution in [0.2, 0.25) is 0 Å². The highest BCUT2D eigenvalue weighted by Crippen LogP contribution is 2.27. The van der Waals surface area contributed by atoms with Crippen LogP contribution in [0.15, 0.2) is 41.3 Å². The van der Waals surface area contributed by atoms with Crippen LogP contribution in [0.3, 0.4) is 0 Å². The number of hydrogen-bond acceptors (Lipinski definition) is 5. The number of aromatic nitrogens is 4. The minimum atomic E-state index is -0.306. The van der Waals surface area contributed by atoms with Gasteiger partial charge < -0.3 is 10.0 Å². The first-order valence-corrected chi connectivity index (χ1v) is 9.82. The highest BCUT2D eigenvalue weighted by molar-refractivity contribution is 6.33. The van der Waals surface area contributed by atoms with E-state index in [1.165, 1.54) is 0 Å². The number of pyridine rings is 2. The van der Waals surface area contributed by atoms with Crippen molar-refractivity contribution in [2.75, 3.05) is 18.0 Å². The number of aryl methyl sites for hydroxylation is 2. The number of aliphatic hydroxyl groups excluding tert-OH is 1. The summed E-state index contributed by atoms with van der Waals surface area (Å²) in [5.74, 6) is 0.832. The molecular weight excluding hydrogens is 365 g/mol. The van der Waals surface area contributed by atoms with E-state index in [9.17, 15) is 9.90 Å². The quantitative estimate of drug-likeness (QED) is 0.505. The molecule has 0 saturated carbocycles. The van der Waals surface area contributed by atoms with E-state index in [0.29, 0.717) is 6.54 Å². The van der Waals surface area contributed by atoms with E-state index in [-0.39, 0.29) is 11.8 Å². The monoisotopic (exact) mass is 387 g/mol. The smallest absolute Gasteiger partial charge is 0.333 e. The lowest BCUT2D eigenvalue weighted by Gasteiger charge is -2.18. The first kappa shape index (κ1) is 17.9. The van der Waals surface area contributed by atoms with Crippen molar-refractivity contribution in [1.29, 1.82) is 0 Å². The molecule has 8 heteroatoms. The number of fused-ring (bicyclic) bond motifs is 3. The summed E-state index contributed by atoms with van der Waals surface area (Å²) in [7, 11) is 3.81. The van der Waals surface area contributed by atoms with Crippen LogP contribution < -0.4 is 16.1 Å². The third-order valence-electron chi connectivity index (χ3n) is 5.81. The Balaban J connectivity index is 1.76. The van der Waals surface area contributed by atoms with Crippen molar-refractivity contribution in [3.8, 4) is 5.69 Å². The highest BCUT2D eigenvalue weighted by atomic mass is 16.3. The van der Waals surface area contributed by atoms with Crippen LogP contribution in [0.25, 0.3) is 27.6 Å². The number of nitrogens with zero attached hydrogens (tertiary/aromatic N) is 5. The van der Waals surface area contributed by atoms with Crippen LogP contribution in [-0.2, 0) is 7.05 Å². The van der Waals surface area contributed by atoms with E-state index >= 15 is 0 Å². The molecule has 0 spiro atoms. The molecule has 4 heterocycles. The summed E-state index contributed by atoms with van der Waals surface area (Å²) in [5, 5.41) is 10.8. The molecular formula is C21H22BN5O2. The van der Waals surface area contributed by atoms with E-state index in [1.54, 1.807) is 22.4 Å². The second kappa shape index (κ2) is 6.45. The van der Waals surface area contributed by atoms with Crippen molar-refractivity contribution < 1.29 is 5.11 Å². The van der Waals surface area contributed by atoms with Crippen molar-refractivity contribution in [2.45, 2.75) is 19.4 Å². The lowest BCUT2D eigenvalue weighted by Crippen LogP contribution is -2.24. The molecule has 4 aromatic rings. The average Bonchev–Trinajstić information content (AvgIpc) is 3.24. The number of imidazole rings is 1. The first-order valence-electron chi connectivity index (χ1n) is 9.82. The molecule has 1 fully saturated rings. The number of hydrogen-bond donors (Lipinski definition) is 1. The summed E-state index contributed by atoms with van der Waals surface area (Å²) in [4.78, 5) is 24.5. The molecule has 0 bridgehead atoms. The van der Waals surface area contributed by atoms with Crippen molar-refractivity contribution in [1.82, 2.24) is 19.1 Å². The molecule has 1 aliphatic heterocycles. The first-order chi connectivity index (χ1) is 13.9. The normalized spacial score (nSPS) is 16.9. The summed E-state index contributed by atoms with van der Waals surface area (Å²) in [6.07, 6.45) is 2.21. The van der Waals surface area contributed by atoms with Crippen LogP contribution in [0.4, 0.5) is 5.82 Å². The van der Waals surface area contributed by atoms with Crippen molar-refractivity contribution in [3.05, 3.63) is 52.7 Å². The molecule has 1 saturated heterocycles. The van der Waals surface area contributed by atoms with Gasteiger partial charge in [-0.2, -0.15) is 0 Å². The fraction of sp³-hybridized carbons (Fsp3) is 0.286. The van der Waals surface area contributed by atoms with E-state index < -0.39 is 0 Å². The Bertz CT molecular complexity index is 1330. The van der Waals surface area contributed by atoms with Gasteiger partial charge in [0.25, 0.3) is 0 Å². The number of aliphatic hydroxyl groups is 1. The van der Waals surface area contributed by atoms with Gasteiger partial charge in [0.05, 0.1) is 40.2 Å². The maximum Gasteiger partial charge on any atom is 0.333 e. The lowest BCUT2D eigenvalue weighted by molar-refractivity contribution is 0.198. The summed E-state index contributed by atoms with van der Waals surface area (Å²) >= 11 is 0. The molecule has 29 heavy (non-hydrogen) atoms. The molecule has 0 radical (unpaired) electrons. The average molecular weight is 387 g/mol. The Labute approximate surface area is 168 Å². The predicted octanol–water partition coefficient (Wildman–Crippen LogP) is 0.410. The van der Waals surface area contributed by atoms with Crippen LogP contribution >= 0.6 is 0 Å². The predicted molar refractivity (Wildman–Crippen MR) is 117 cm³/mol. The standard InChI is InChI=1S/C21H22BN5O2/c1-12-17(5-6-19(24-12)26-8-7-14(28)11-26)27-20-15-9-13(22)3-4-16(15)23-10-18(20)25(2)21(27)29/h3-6,9-10,14,28H,7-8,11,22H2,1-2H3/t14-/m1/s1. The van der Waals surface area contributed by atoms with Gasteiger partial charge in [-0.25, -0.2) is 9.78 Å². The molecule has 0 unspecified atom stereocenters. The van der Waals surface area contributed by atoms with Gasteiger partial charge in [0.1, 0.15) is 13.7 Å². The third kappa shape index (κ3) is 2.74. The number of benzene rings is 1. The Morgan fingerprint density at radius 3 is 2.79 bits per heavy atom. The number of anilines is 1. The van der Waals surface area contributed by atoms with Crippen molar-refractivity contribution in [2.24, 2.45) is 7.05 Å². The largest absolute Gasteiger partial charge is 0.391 e. The molecule has 0 aliphatic carbocycles. The van der Waals surface area contributed by atoms with Gasteiger partial charge in [-0.15, -0.1) is 0 Å². The van der Waals surface area contributed by atoms with Gasteiger partial charge in [0.15, 0.2) is 0 Å². The molecule has 1 atom stereocenters. The maximum absolute atomic E-state index is 13.2. The van der Waals surface area contributed by atoms with Crippen molar-refractivity contribution >= 4 is 41.1 Å². The lowest BCUT2D eigenvalue weighted by atomic mass is 9.94. The van der Waals surface area contributed by atoms with E-state index in [0.717, 1.165) is 57.6 Å². The second-order valence-corrected chi connectivity index (χ2v) is 7.85. The molecule has 0 amide bonds. The molecule has 1 N–H and O–H groups in total. The Morgan fingerprint density at radius 1 is 1.24 bits per heavy atom. The fourth-order valence-electron chi connectivity index (χ4n) is 4.24. The van der Waals surface area contributed by atoms with Crippen molar-refractivity contribution in [3.63, 3.8) is 0 Å². The van der Waals surface area contributed by atoms with Gasteiger partial charge in [0.2, 0.25) is 0 Å². The minimum Gasteiger partial charge on any atom is -0.391 e. The molecule has 1 aliphatic rings. The van der Waals surface area contributed by atoms with E-state index in [2.05, 4.69) is 16.0 Å². The van der Waals surface area contributed by atoms with E-state index in [1.807, 2.05) is 39.0 Å². The topological polar surface area (TPSA) is 76.2 Å². The van der Waals surface area contributed by atoms with E-state index in [4.69, 9.17) is 4.98 Å². The van der Waals surface area contributed by atoms with Gasteiger partial charge in [0, 0.05) is 25.5 Å². The van der Waals surface area contributed by atoms with Gasteiger partial charge >= 0.3 is 5.69 Å². The summed E-state index contributed by atoms with van der Waals surface area (Å²) < 4.78 is 3.37. The zero-order valence-corrected chi connectivity index (χ0v) is 16.8. The maximum atomic E-state index is 13.2. The molecule has 5 rings (SSSR count).